The maximum atomic E-state index is 11.8. The van der Waals surface area contributed by atoms with Gasteiger partial charge in [0.25, 0.3) is 5.91 Å². The van der Waals surface area contributed by atoms with Crippen molar-refractivity contribution < 1.29 is 4.79 Å². The number of benzene rings is 1. The first-order valence-electron chi connectivity index (χ1n) is 6.55. The van der Waals surface area contributed by atoms with Crippen molar-refractivity contribution in [3.05, 3.63) is 58.3 Å². The van der Waals surface area contributed by atoms with Gasteiger partial charge in [-0.3, -0.25) is 4.79 Å². The summed E-state index contributed by atoms with van der Waals surface area (Å²) in [7, 11) is 0. The van der Waals surface area contributed by atoms with E-state index in [4.69, 9.17) is 12.2 Å². The first-order chi connectivity index (χ1) is 10.1. The van der Waals surface area contributed by atoms with E-state index in [1.165, 1.54) is 11.8 Å². The van der Waals surface area contributed by atoms with Gasteiger partial charge < -0.3 is 9.88 Å². The number of carbonyl (C=O) groups excluding carboxylic acids is 1. The monoisotopic (exact) mass is 314 g/mol. The van der Waals surface area contributed by atoms with Gasteiger partial charge in [-0.05, 0) is 43.2 Å². The minimum Gasteiger partial charge on any atom is -0.320 e. The van der Waals surface area contributed by atoms with Crippen LogP contribution in [0.3, 0.4) is 0 Å². The summed E-state index contributed by atoms with van der Waals surface area (Å²) in [6.07, 6.45) is 4.01. The molecule has 1 aromatic carbocycles. The molecule has 0 spiro atoms. The molecule has 0 aliphatic carbocycles. The van der Waals surface area contributed by atoms with Crippen molar-refractivity contribution in [2.24, 2.45) is 0 Å². The number of aromatic nitrogens is 1. The summed E-state index contributed by atoms with van der Waals surface area (Å²) in [4.78, 5) is 12.4. The number of carbonyl (C=O) groups is 1. The third-order valence-corrected chi connectivity index (χ3v) is 4.61. The quantitative estimate of drug-likeness (QED) is 0.679. The van der Waals surface area contributed by atoms with Crippen LogP contribution in [0, 0.1) is 13.8 Å². The number of para-hydroxylation sites is 1. The second-order valence-electron chi connectivity index (χ2n) is 4.87. The van der Waals surface area contributed by atoms with Crippen molar-refractivity contribution >= 4 is 40.3 Å². The van der Waals surface area contributed by atoms with Crippen LogP contribution in [-0.4, -0.2) is 14.8 Å². The fraction of sp³-hybridized carbons (Fsp3) is 0.125. The van der Waals surface area contributed by atoms with Gasteiger partial charge in [-0.25, -0.2) is 0 Å². The number of amides is 1. The molecular weight excluding hydrogens is 300 g/mol. The molecule has 0 radical (unpaired) electrons. The number of hydrogen-bond acceptors (Lipinski definition) is 3. The highest BCUT2D eigenvalue weighted by molar-refractivity contribution is 8.26. The molecule has 1 aliphatic rings. The predicted molar refractivity (Wildman–Crippen MR) is 91.6 cm³/mol. The number of nitrogens with one attached hydrogen (secondary N) is 1. The average Bonchev–Trinajstić information content (AvgIpc) is 2.93. The second-order valence-corrected chi connectivity index (χ2v) is 6.59. The molecule has 0 atom stereocenters. The van der Waals surface area contributed by atoms with Crippen LogP contribution in [0.4, 0.5) is 0 Å². The average molecular weight is 314 g/mol. The number of rotatable bonds is 2. The highest BCUT2D eigenvalue weighted by Gasteiger charge is 2.23. The minimum atomic E-state index is -0.115. The third-order valence-electron chi connectivity index (χ3n) is 3.45. The minimum absolute atomic E-state index is 0.115. The molecule has 0 saturated carbocycles. The highest BCUT2D eigenvalue weighted by Crippen LogP contribution is 2.29. The number of thioether (sulfide) groups is 1. The fourth-order valence-electron chi connectivity index (χ4n) is 2.40. The topological polar surface area (TPSA) is 34.0 Å². The summed E-state index contributed by atoms with van der Waals surface area (Å²) < 4.78 is 2.65. The lowest BCUT2D eigenvalue weighted by atomic mass is 10.1. The first kappa shape index (κ1) is 14.1. The number of hydrogen-bond donors (Lipinski definition) is 1. The zero-order chi connectivity index (χ0) is 15.0. The normalized spacial score (nSPS) is 16.6. The highest BCUT2D eigenvalue weighted by atomic mass is 32.2. The van der Waals surface area contributed by atoms with Gasteiger partial charge >= 0.3 is 0 Å². The van der Waals surface area contributed by atoms with E-state index in [2.05, 4.69) is 42.1 Å². The van der Waals surface area contributed by atoms with Gasteiger partial charge in [-0.2, -0.15) is 0 Å². The molecule has 1 N–H and O–H groups in total. The Hall–Kier alpha value is -1.85. The van der Waals surface area contributed by atoms with E-state index in [9.17, 15) is 4.79 Å². The maximum Gasteiger partial charge on any atom is 0.263 e. The van der Waals surface area contributed by atoms with Gasteiger partial charge in [0, 0.05) is 17.6 Å². The molecule has 1 saturated heterocycles. The number of thiocarbonyl (C=S) groups is 1. The van der Waals surface area contributed by atoms with Crippen molar-refractivity contribution in [3.63, 3.8) is 0 Å². The van der Waals surface area contributed by atoms with Gasteiger partial charge in [0.2, 0.25) is 0 Å². The smallest absolute Gasteiger partial charge is 0.263 e. The zero-order valence-electron chi connectivity index (χ0n) is 11.7. The summed E-state index contributed by atoms with van der Waals surface area (Å²) in [6.45, 7) is 4.11. The Labute approximate surface area is 133 Å². The van der Waals surface area contributed by atoms with Crippen LogP contribution in [0.5, 0.6) is 0 Å². The van der Waals surface area contributed by atoms with Crippen LogP contribution in [0.2, 0.25) is 0 Å². The Morgan fingerprint density at radius 3 is 2.57 bits per heavy atom. The van der Waals surface area contributed by atoms with E-state index in [0.29, 0.717) is 9.23 Å². The van der Waals surface area contributed by atoms with E-state index in [1.54, 1.807) is 0 Å². The molecule has 3 nitrogen and oxygen atoms in total. The van der Waals surface area contributed by atoms with Crippen LogP contribution in [0.1, 0.15) is 16.8 Å². The summed E-state index contributed by atoms with van der Waals surface area (Å²) in [5, 5.41) is 2.64. The van der Waals surface area contributed by atoms with E-state index in [0.717, 1.165) is 22.5 Å². The second kappa shape index (κ2) is 5.50. The zero-order valence-corrected chi connectivity index (χ0v) is 13.3. The lowest BCUT2D eigenvalue weighted by molar-refractivity contribution is -0.115. The lowest BCUT2D eigenvalue weighted by Gasteiger charge is -2.06. The molecule has 1 fully saturated rings. The van der Waals surface area contributed by atoms with E-state index in [-0.39, 0.29) is 5.91 Å². The molecule has 0 bridgehead atoms. The van der Waals surface area contributed by atoms with Crippen LogP contribution >= 0.6 is 24.0 Å². The lowest BCUT2D eigenvalue weighted by Crippen LogP contribution is -2.17. The SMILES string of the molecule is Cc1cn(-c2ccccc2)c(C)c1/C=C1/SC(=S)NC1=O. The van der Waals surface area contributed by atoms with Gasteiger partial charge in [0.1, 0.15) is 4.32 Å². The molecular formula is C16H14N2OS2. The Morgan fingerprint density at radius 2 is 1.95 bits per heavy atom. The van der Waals surface area contributed by atoms with E-state index in [1.807, 2.05) is 24.3 Å². The van der Waals surface area contributed by atoms with Gasteiger partial charge in [0.05, 0.1) is 4.91 Å². The van der Waals surface area contributed by atoms with Crippen molar-refractivity contribution in [2.75, 3.05) is 0 Å². The Morgan fingerprint density at radius 1 is 1.24 bits per heavy atom. The van der Waals surface area contributed by atoms with Crippen LogP contribution in [0.15, 0.2) is 41.4 Å². The van der Waals surface area contributed by atoms with Gasteiger partial charge in [-0.1, -0.05) is 42.2 Å². The van der Waals surface area contributed by atoms with E-state index < -0.39 is 0 Å². The summed E-state index contributed by atoms with van der Waals surface area (Å²) >= 11 is 6.34. The maximum absolute atomic E-state index is 11.8. The Kier molecular flexibility index (Phi) is 3.69. The summed E-state index contributed by atoms with van der Waals surface area (Å²) in [6, 6.07) is 10.2. The molecule has 1 amide bonds. The fourth-order valence-corrected chi connectivity index (χ4v) is 3.43. The molecule has 106 valence electrons. The van der Waals surface area contributed by atoms with Crippen LogP contribution in [-0.2, 0) is 4.79 Å². The Bertz CT molecular complexity index is 760. The van der Waals surface area contributed by atoms with Crippen molar-refractivity contribution in [1.82, 2.24) is 9.88 Å². The standard InChI is InChI=1S/C16H14N2OS2/c1-10-9-18(12-6-4-3-5-7-12)11(2)13(10)8-14-15(19)17-16(20)21-14/h3-9H,1-2H3,(H,17,19,20)/b14-8+. The largest absolute Gasteiger partial charge is 0.320 e. The predicted octanol–water partition coefficient (Wildman–Crippen LogP) is 3.58. The number of aryl methyl sites for hydroxylation is 1. The molecule has 3 rings (SSSR count). The molecule has 1 aromatic heterocycles. The summed E-state index contributed by atoms with van der Waals surface area (Å²) in [5.74, 6) is -0.115. The third kappa shape index (κ3) is 2.66. The van der Waals surface area contributed by atoms with E-state index >= 15 is 0 Å². The molecule has 2 aromatic rings. The van der Waals surface area contributed by atoms with Crippen LogP contribution < -0.4 is 5.32 Å². The summed E-state index contributed by atoms with van der Waals surface area (Å²) in [5.41, 5.74) is 4.43. The molecule has 1 aliphatic heterocycles. The van der Waals surface area contributed by atoms with Crippen molar-refractivity contribution in [2.45, 2.75) is 13.8 Å². The molecule has 0 unspecified atom stereocenters. The van der Waals surface area contributed by atoms with Crippen molar-refractivity contribution in [3.8, 4) is 5.69 Å². The molecule has 5 heteroatoms. The van der Waals surface area contributed by atoms with Crippen LogP contribution in [0.25, 0.3) is 11.8 Å². The first-order valence-corrected chi connectivity index (χ1v) is 7.77. The number of nitrogens with zero attached hydrogens (tertiary/aromatic N) is 1. The van der Waals surface area contributed by atoms with Crippen molar-refractivity contribution in [1.29, 1.82) is 0 Å². The molecule has 21 heavy (non-hydrogen) atoms. The van der Waals surface area contributed by atoms with Gasteiger partial charge in [0.15, 0.2) is 0 Å². The Balaban J connectivity index is 2.06. The molecule has 2 heterocycles. The van der Waals surface area contributed by atoms with Gasteiger partial charge in [-0.15, -0.1) is 0 Å².